The number of carbonyl (C=O) groups excluding carboxylic acids is 1. The molecular weight excluding hydrogens is 264 g/mol. The van der Waals surface area contributed by atoms with Gasteiger partial charge >= 0.3 is 0 Å². The molecule has 1 fully saturated rings. The van der Waals surface area contributed by atoms with Crippen LogP contribution in [0.25, 0.3) is 0 Å². The van der Waals surface area contributed by atoms with Crippen LogP contribution in [0, 0.1) is 6.92 Å². The first-order valence-electron chi connectivity index (χ1n) is 7.77. The second kappa shape index (κ2) is 7.46. The third-order valence-electron chi connectivity index (χ3n) is 4.26. The van der Waals surface area contributed by atoms with Crippen molar-refractivity contribution in [3.63, 3.8) is 0 Å². The van der Waals surface area contributed by atoms with Crippen molar-refractivity contribution in [1.29, 1.82) is 0 Å². The van der Waals surface area contributed by atoms with Gasteiger partial charge in [-0.25, -0.2) is 0 Å². The predicted molar refractivity (Wildman–Crippen MR) is 84.7 cm³/mol. The van der Waals surface area contributed by atoms with Crippen LogP contribution in [-0.2, 0) is 11.2 Å². The molecule has 4 heteroatoms. The highest BCUT2D eigenvalue weighted by Crippen LogP contribution is 2.19. The fourth-order valence-corrected chi connectivity index (χ4v) is 2.82. The second-order valence-corrected chi connectivity index (χ2v) is 5.62. The maximum Gasteiger partial charge on any atom is 0.222 e. The van der Waals surface area contributed by atoms with Crippen LogP contribution in [0.3, 0.4) is 0 Å². The Morgan fingerprint density at radius 3 is 2.52 bits per heavy atom. The summed E-state index contributed by atoms with van der Waals surface area (Å²) in [6.07, 6.45) is 1.40. The quantitative estimate of drug-likeness (QED) is 0.832. The summed E-state index contributed by atoms with van der Waals surface area (Å²) < 4.78 is 5.26. The lowest BCUT2D eigenvalue weighted by Crippen LogP contribution is -2.48. The van der Waals surface area contributed by atoms with Crippen LogP contribution < -0.4 is 4.74 Å². The highest BCUT2D eigenvalue weighted by Gasteiger charge is 2.19. The van der Waals surface area contributed by atoms with E-state index in [1.165, 1.54) is 5.56 Å². The zero-order valence-corrected chi connectivity index (χ0v) is 13.4. The number of benzene rings is 1. The number of likely N-dealkylation sites (N-methyl/N-ethyl adjacent to an activating group) is 1. The minimum atomic E-state index is 0.277. The number of piperazine rings is 1. The molecule has 4 nitrogen and oxygen atoms in total. The molecule has 0 unspecified atom stereocenters. The van der Waals surface area contributed by atoms with Crippen molar-refractivity contribution in [2.75, 3.05) is 39.8 Å². The molecule has 0 N–H and O–H groups in total. The van der Waals surface area contributed by atoms with Gasteiger partial charge in [-0.1, -0.05) is 19.1 Å². The molecule has 0 saturated carbocycles. The average Bonchev–Trinajstić information content (AvgIpc) is 2.52. The van der Waals surface area contributed by atoms with Crippen LogP contribution in [0.2, 0.25) is 0 Å². The summed E-state index contributed by atoms with van der Waals surface area (Å²) >= 11 is 0. The molecule has 116 valence electrons. The molecule has 0 aromatic heterocycles. The van der Waals surface area contributed by atoms with E-state index in [9.17, 15) is 4.79 Å². The van der Waals surface area contributed by atoms with E-state index in [1.807, 2.05) is 24.0 Å². The summed E-state index contributed by atoms with van der Waals surface area (Å²) in [7, 11) is 1.68. The minimum absolute atomic E-state index is 0.277. The fraction of sp³-hybridized carbons (Fsp3) is 0.588. The number of amides is 1. The highest BCUT2D eigenvalue weighted by atomic mass is 16.5. The van der Waals surface area contributed by atoms with E-state index in [1.54, 1.807) is 7.11 Å². The number of nitrogens with zero attached hydrogens (tertiary/aromatic N) is 2. The number of hydrogen-bond acceptors (Lipinski definition) is 3. The maximum atomic E-state index is 12.3. The van der Waals surface area contributed by atoms with Gasteiger partial charge in [-0.05, 0) is 37.1 Å². The molecule has 1 aliphatic rings. The van der Waals surface area contributed by atoms with Crippen LogP contribution >= 0.6 is 0 Å². The smallest absolute Gasteiger partial charge is 0.222 e. The zero-order chi connectivity index (χ0) is 15.2. The van der Waals surface area contributed by atoms with E-state index in [0.717, 1.165) is 50.5 Å². The maximum absolute atomic E-state index is 12.3. The van der Waals surface area contributed by atoms with Gasteiger partial charge in [0.15, 0.2) is 0 Å². The Balaban J connectivity index is 1.83. The third kappa shape index (κ3) is 4.21. The molecule has 1 heterocycles. The first-order chi connectivity index (χ1) is 10.1. The molecule has 0 radical (unpaired) electrons. The molecule has 1 aromatic rings. The van der Waals surface area contributed by atoms with Gasteiger partial charge in [-0.2, -0.15) is 0 Å². The largest absolute Gasteiger partial charge is 0.496 e. The van der Waals surface area contributed by atoms with Crippen molar-refractivity contribution >= 4 is 5.91 Å². The lowest BCUT2D eigenvalue weighted by Gasteiger charge is -2.34. The lowest BCUT2D eigenvalue weighted by atomic mass is 10.1. The van der Waals surface area contributed by atoms with E-state index in [0.29, 0.717) is 6.42 Å². The molecule has 0 bridgehead atoms. The zero-order valence-electron chi connectivity index (χ0n) is 13.4. The normalized spacial score (nSPS) is 16.0. The molecule has 2 rings (SSSR count). The van der Waals surface area contributed by atoms with Crippen LogP contribution in [0.1, 0.15) is 24.5 Å². The summed E-state index contributed by atoms with van der Waals surface area (Å²) in [5.74, 6) is 1.18. The van der Waals surface area contributed by atoms with E-state index in [-0.39, 0.29) is 5.91 Å². The Bertz CT molecular complexity index is 480. The second-order valence-electron chi connectivity index (χ2n) is 5.62. The van der Waals surface area contributed by atoms with Gasteiger partial charge in [0.1, 0.15) is 5.75 Å². The van der Waals surface area contributed by atoms with Gasteiger partial charge in [0.05, 0.1) is 7.11 Å². The molecule has 1 aromatic carbocycles. The molecule has 1 aliphatic heterocycles. The standard InChI is InChI=1S/C17H26N2O2/c1-4-18-9-11-19(12-10-18)17(20)8-6-15-5-7-16(21-3)14(2)13-15/h5,7,13H,4,6,8-12H2,1-3H3. The number of rotatable bonds is 5. The fourth-order valence-electron chi connectivity index (χ4n) is 2.82. The Morgan fingerprint density at radius 2 is 1.95 bits per heavy atom. The van der Waals surface area contributed by atoms with E-state index in [4.69, 9.17) is 4.74 Å². The van der Waals surface area contributed by atoms with Gasteiger partial charge in [0, 0.05) is 32.6 Å². The Hall–Kier alpha value is -1.55. The average molecular weight is 290 g/mol. The topological polar surface area (TPSA) is 32.8 Å². The van der Waals surface area contributed by atoms with Gasteiger partial charge in [0.2, 0.25) is 5.91 Å². The molecule has 0 aliphatic carbocycles. The Kier molecular flexibility index (Phi) is 5.62. The highest BCUT2D eigenvalue weighted by molar-refractivity contribution is 5.76. The van der Waals surface area contributed by atoms with Gasteiger partial charge in [-0.3, -0.25) is 4.79 Å². The van der Waals surface area contributed by atoms with Crippen molar-refractivity contribution < 1.29 is 9.53 Å². The Labute approximate surface area is 127 Å². The number of ether oxygens (including phenoxy) is 1. The van der Waals surface area contributed by atoms with E-state index in [2.05, 4.69) is 17.9 Å². The lowest BCUT2D eigenvalue weighted by molar-refractivity contribution is -0.132. The van der Waals surface area contributed by atoms with Crippen LogP contribution in [0.5, 0.6) is 5.75 Å². The predicted octanol–water partition coefficient (Wildman–Crippen LogP) is 2.10. The number of carbonyl (C=O) groups is 1. The first-order valence-corrected chi connectivity index (χ1v) is 7.77. The third-order valence-corrected chi connectivity index (χ3v) is 4.26. The van der Waals surface area contributed by atoms with Crippen molar-refractivity contribution in [1.82, 2.24) is 9.80 Å². The summed E-state index contributed by atoms with van der Waals surface area (Å²) in [5, 5.41) is 0. The number of methoxy groups -OCH3 is 1. The summed E-state index contributed by atoms with van der Waals surface area (Å²) in [6, 6.07) is 6.14. The van der Waals surface area contributed by atoms with Gasteiger partial charge in [0.25, 0.3) is 0 Å². The van der Waals surface area contributed by atoms with E-state index < -0.39 is 0 Å². The van der Waals surface area contributed by atoms with Crippen LogP contribution in [0.4, 0.5) is 0 Å². The van der Waals surface area contributed by atoms with Gasteiger partial charge in [-0.15, -0.1) is 0 Å². The van der Waals surface area contributed by atoms with Crippen molar-refractivity contribution in [2.24, 2.45) is 0 Å². The molecule has 1 saturated heterocycles. The molecule has 1 amide bonds. The minimum Gasteiger partial charge on any atom is -0.496 e. The molecule has 0 atom stereocenters. The summed E-state index contributed by atoms with van der Waals surface area (Å²) in [5.41, 5.74) is 2.33. The first kappa shape index (κ1) is 15.8. The van der Waals surface area contributed by atoms with Crippen LogP contribution in [-0.4, -0.2) is 55.5 Å². The Morgan fingerprint density at radius 1 is 1.24 bits per heavy atom. The van der Waals surface area contributed by atoms with E-state index >= 15 is 0 Å². The molecular formula is C17H26N2O2. The van der Waals surface area contributed by atoms with Crippen LogP contribution in [0.15, 0.2) is 18.2 Å². The number of hydrogen-bond donors (Lipinski definition) is 0. The molecule has 21 heavy (non-hydrogen) atoms. The SMILES string of the molecule is CCN1CCN(C(=O)CCc2ccc(OC)c(C)c2)CC1. The molecule has 0 spiro atoms. The summed E-state index contributed by atoms with van der Waals surface area (Å²) in [4.78, 5) is 16.6. The monoisotopic (exact) mass is 290 g/mol. The van der Waals surface area contributed by atoms with Gasteiger partial charge < -0.3 is 14.5 Å². The van der Waals surface area contributed by atoms with Crippen molar-refractivity contribution in [2.45, 2.75) is 26.7 Å². The van der Waals surface area contributed by atoms with Crippen molar-refractivity contribution in [3.05, 3.63) is 29.3 Å². The summed E-state index contributed by atoms with van der Waals surface area (Å²) in [6.45, 7) is 9.03. The van der Waals surface area contributed by atoms with Crippen molar-refractivity contribution in [3.8, 4) is 5.75 Å². The number of aryl methyl sites for hydroxylation is 2.